The lowest BCUT2D eigenvalue weighted by molar-refractivity contribution is 0.0410. The second-order valence-electron chi connectivity index (χ2n) is 5.65. The fourth-order valence-electron chi connectivity index (χ4n) is 2.47. The van der Waals surface area contributed by atoms with Gasteiger partial charge in [0.25, 0.3) is 5.91 Å². The van der Waals surface area contributed by atoms with Crippen molar-refractivity contribution in [1.82, 2.24) is 9.88 Å². The Labute approximate surface area is 156 Å². The largest absolute Gasteiger partial charge is 0.379 e. The Morgan fingerprint density at radius 1 is 1.28 bits per heavy atom. The molecule has 1 aliphatic heterocycles. The van der Waals surface area contributed by atoms with Crippen molar-refractivity contribution in [3.05, 3.63) is 53.2 Å². The van der Waals surface area contributed by atoms with Gasteiger partial charge in [0.05, 0.1) is 23.8 Å². The van der Waals surface area contributed by atoms with E-state index in [0.717, 1.165) is 43.6 Å². The van der Waals surface area contributed by atoms with Crippen molar-refractivity contribution in [3.63, 3.8) is 0 Å². The lowest BCUT2D eigenvalue weighted by Gasteiger charge is -2.26. The molecule has 2 aromatic rings. The molecule has 25 heavy (non-hydrogen) atoms. The molecule has 1 N–H and O–H groups in total. The van der Waals surface area contributed by atoms with Gasteiger partial charge in [-0.3, -0.25) is 9.69 Å². The Morgan fingerprint density at radius 2 is 2.12 bits per heavy atom. The fraction of sp³-hybridized carbons (Fsp3) is 0.333. The quantitative estimate of drug-likeness (QED) is 0.782. The van der Waals surface area contributed by atoms with Crippen molar-refractivity contribution >= 4 is 35.0 Å². The molecule has 5 nitrogen and oxygen atoms in total. The topological polar surface area (TPSA) is 54.5 Å². The number of halogens is 1. The Hall–Kier alpha value is -1.60. The van der Waals surface area contributed by atoms with Crippen LogP contribution in [0.25, 0.3) is 0 Å². The minimum Gasteiger partial charge on any atom is -0.379 e. The summed E-state index contributed by atoms with van der Waals surface area (Å²) in [4.78, 5) is 19.0. The molecule has 0 spiro atoms. The van der Waals surface area contributed by atoms with Gasteiger partial charge in [-0.2, -0.15) is 0 Å². The molecule has 0 saturated carbocycles. The van der Waals surface area contributed by atoms with Gasteiger partial charge >= 0.3 is 0 Å². The van der Waals surface area contributed by atoms with Crippen molar-refractivity contribution in [3.8, 4) is 0 Å². The van der Waals surface area contributed by atoms with E-state index in [1.807, 2.05) is 6.07 Å². The Bertz CT molecular complexity index is 706. The molecule has 1 aromatic heterocycles. The average Bonchev–Trinajstić information content (AvgIpc) is 2.63. The second kappa shape index (κ2) is 9.20. The zero-order chi connectivity index (χ0) is 17.5. The Kier molecular flexibility index (Phi) is 6.69. The van der Waals surface area contributed by atoms with Crippen molar-refractivity contribution < 1.29 is 9.53 Å². The smallest absolute Gasteiger partial charge is 0.257 e. The lowest BCUT2D eigenvalue weighted by Crippen LogP contribution is -2.37. The minimum atomic E-state index is -0.195. The number of nitrogens with zero attached hydrogens (tertiary/aromatic N) is 2. The first-order chi connectivity index (χ1) is 12.2. The van der Waals surface area contributed by atoms with Gasteiger partial charge in [0.2, 0.25) is 0 Å². The molecule has 0 unspecified atom stereocenters. The molecule has 0 bridgehead atoms. The highest BCUT2D eigenvalue weighted by molar-refractivity contribution is 7.99. The predicted octanol–water partition coefficient (Wildman–Crippen LogP) is 3.41. The zero-order valence-electron chi connectivity index (χ0n) is 13.8. The number of pyridine rings is 1. The average molecular weight is 378 g/mol. The van der Waals surface area contributed by atoms with Crippen molar-refractivity contribution in [2.45, 2.75) is 5.03 Å². The molecule has 0 aliphatic carbocycles. The maximum absolute atomic E-state index is 12.2. The number of thioether (sulfide) groups is 1. The van der Waals surface area contributed by atoms with E-state index >= 15 is 0 Å². The van der Waals surface area contributed by atoms with Crippen LogP contribution < -0.4 is 5.32 Å². The van der Waals surface area contributed by atoms with E-state index in [2.05, 4.69) is 15.2 Å². The highest BCUT2D eigenvalue weighted by atomic mass is 35.5. The molecule has 2 heterocycles. The van der Waals surface area contributed by atoms with E-state index in [1.54, 1.807) is 48.3 Å². The summed E-state index contributed by atoms with van der Waals surface area (Å²) >= 11 is 7.62. The van der Waals surface area contributed by atoms with E-state index in [-0.39, 0.29) is 5.91 Å². The van der Waals surface area contributed by atoms with Gasteiger partial charge in [-0.05, 0) is 30.3 Å². The number of carbonyl (C=O) groups is 1. The van der Waals surface area contributed by atoms with Crippen LogP contribution in [0.3, 0.4) is 0 Å². The summed E-state index contributed by atoms with van der Waals surface area (Å²) in [5, 5.41) is 4.33. The number of hydrogen-bond acceptors (Lipinski definition) is 5. The third-order valence-corrected chi connectivity index (χ3v) is 5.00. The summed E-state index contributed by atoms with van der Waals surface area (Å²) < 4.78 is 5.34. The van der Waals surface area contributed by atoms with E-state index in [4.69, 9.17) is 16.3 Å². The molecule has 1 amide bonds. The summed E-state index contributed by atoms with van der Waals surface area (Å²) in [6, 6.07) is 10.8. The summed E-state index contributed by atoms with van der Waals surface area (Å²) in [5.74, 6) is 0.778. The number of anilines is 1. The Balaban J connectivity index is 1.48. The van der Waals surface area contributed by atoms with Crippen molar-refractivity contribution in [1.29, 1.82) is 0 Å². The van der Waals surface area contributed by atoms with Gasteiger partial charge in [0, 0.05) is 42.3 Å². The van der Waals surface area contributed by atoms with E-state index in [0.29, 0.717) is 16.3 Å². The van der Waals surface area contributed by atoms with E-state index < -0.39 is 0 Å². The molecular weight excluding hydrogens is 358 g/mol. The highest BCUT2D eigenvalue weighted by Crippen LogP contribution is 2.18. The number of aromatic nitrogens is 1. The van der Waals surface area contributed by atoms with Crippen LogP contribution >= 0.6 is 23.4 Å². The van der Waals surface area contributed by atoms with Gasteiger partial charge in [-0.25, -0.2) is 4.98 Å². The van der Waals surface area contributed by atoms with Crippen LogP contribution in [0, 0.1) is 0 Å². The number of hydrogen-bond donors (Lipinski definition) is 1. The van der Waals surface area contributed by atoms with Gasteiger partial charge in [-0.15, -0.1) is 11.8 Å². The molecule has 3 rings (SSSR count). The zero-order valence-corrected chi connectivity index (χ0v) is 15.4. The van der Waals surface area contributed by atoms with Crippen LogP contribution in [-0.2, 0) is 4.74 Å². The van der Waals surface area contributed by atoms with Crippen LogP contribution in [0.15, 0.2) is 47.6 Å². The molecule has 1 fully saturated rings. The number of morpholine rings is 1. The number of rotatable bonds is 6. The number of ether oxygens (including phenoxy) is 1. The Morgan fingerprint density at radius 3 is 2.84 bits per heavy atom. The lowest BCUT2D eigenvalue weighted by atomic mass is 10.2. The summed E-state index contributed by atoms with van der Waals surface area (Å²) in [6.45, 7) is 4.65. The van der Waals surface area contributed by atoms with Gasteiger partial charge < -0.3 is 10.1 Å². The molecule has 0 atom stereocenters. The third-order valence-electron chi connectivity index (χ3n) is 3.84. The molecule has 1 aliphatic rings. The molecule has 0 radical (unpaired) electrons. The second-order valence-corrected chi connectivity index (χ2v) is 7.20. The standard InChI is InChI=1S/C18H20ClN3O2S/c19-15-2-1-3-16(12-15)21-18(23)14-4-5-17(20-13-14)25-11-8-22-6-9-24-10-7-22/h1-5,12-13H,6-11H2,(H,21,23). The minimum absolute atomic E-state index is 0.195. The summed E-state index contributed by atoms with van der Waals surface area (Å²) in [5.41, 5.74) is 1.19. The monoisotopic (exact) mass is 377 g/mol. The molecule has 1 aromatic carbocycles. The first kappa shape index (κ1) is 18.2. The van der Waals surface area contributed by atoms with Crippen LogP contribution in [0.2, 0.25) is 5.02 Å². The maximum atomic E-state index is 12.2. The predicted molar refractivity (Wildman–Crippen MR) is 102 cm³/mol. The normalized spacial score (nSPS) is 15.1. The van der Waals surface area contributed by atoms with E-state index in [9.17, 15) is 4.79 Å². The maximum Gasteiger partial charge on any atom is 0.257 e. The van der Waals surface area contributed by atoms with Gasteiger partial charge in [0.1, 0.15) is 0 Å². The van der Waals surface area contributed by atoms with Crippen molar-refractivity contribution in [2.75, 3.05) is 43.9 Å². The number of nitrogens with one attached hydrogen (secondary N) is 1. The highest BCUT2D eigenvalue weighted by Gasteiger charge is 2.10. The summed E-state index contributed by atoms with van der Waals surface area (Å²) in [7, 11) is 0. The number of benzene rings is 1. The van der Waals surface area contributed by atoms with Gasteiger partial charge in [-0.1, -0.05) is 17.7 Å². The van der Waals surface area contributed by atoms with Crippen LogP contribution in [0.5, 0.6) is 0 Å². The first-order valence-corrected chi connectivity index (χ1v) is 9.53. The summed E-state index contributed by atoms with van der Waals surface area (Å²) in [6.07, 6.45) is 1.61. The molecule has 7 heteroatoms. The van der Waals surface area contributed by atoms with Crippen LogP contribution in [0.1, 0.15) is 10.4 Å². The van der Waals surface area contributed by atoms with Crippen LogP contribution in [0.4, 0.5) is 5.69 Å². The SMILES string of the molecule is O=C(Nc1cccc(Cl)c1)c1ccc(SCCN2CCOCC2)nc1. The van der Waals surface area contributed by atoms with E-state index in [1.165, 1.54) is 0 Å². The number of carbonyl (C=O) groups excluding carboxylic acids is 1. The molecular formula is C18H20ClN3O2S. The molecule has 132 valence electrons. The third kappa shape index (κ3) is 5.71. The molecule has 1 saturated heterocycles. The first-order valence-electron chi connectivity index (χ1n) is 8.16. The fourth-order valence-corrected chi connectivity index (χ4v) is 3.51. The van der Waals surface area contributed by atoms with Crippen LogP contribution in [-0.4, -0.2) is 54.4 Å². The van der Waals surface area contributed by atoms with Crippen molar-refractivity contribution in [2.24, 2.45) is 0 Å². The van der Waals surface area contributed by atoms with Gasteiger partial charge in [0.15, 0.2) is 0 Å². The number of amides is 1.